The largest absolute Gasteiger partial charge is 0.493 e. The third-order valence-corrected chi connectivity index (χ3v) is 5.81. The van der Waals surface area contributed by atoms with Crippen LogP contribution in [0.2, 0.25) is 0 Å². The molecule has 1 saturated heterocycles. The number of likely N-dealkylation sites (tertiary alicyclic amines) is 1. The van der Waals surface area contributed by atoms with Gasteiger partial charge in [0.1, 0.15) is 6.04 Å². The molecule has 0 spiro atoms. The van der Waals surface area contributed by atoms with Crippen molar-refractivity contribution in [1.29, 1.82) is 0 Å². The molecule has 1 aliphatic heterocycles. The van der Waals surface area contributed by atoms with Crippen LogP contribution in [0.3, 0.4) is 0 Å². The molecule has 1 N–H and O–H groups in total. The molecule has 2 unspecified atom stereocenters. The number of pyridine rings is 1. The summed E-state index contributed by atoms with van der Waals surface area (Å²) in [7, 11) is 3.21. The standard InChI is InChI=1S/C24H26N2O4/c1-29-21-11-10-17(14-22(21)30-2)23(26-12-6-5-9-20(26)24(27)28)18-13-16-7-3-4-8-19(16)25-15-18/h3-4,7-8,10-11,13-15,20,23H,5-6,9,12H2,1-2H3,(H,27,28). The number of para-hydroxylation sites is 1. The lowest BCUT2D eigenvalue weighted by molar-refractivity contribution is -0.145. The normalized spacial score (nSPS) is 18.1. The summed E-state index contributed by atoms with van der Waals surface area (Å²) < 4.78 is 10.9. The third kappa shape index (κ3) is 3.83. The quantitative estimate of drug-likeness (QED) is 0.659. The number of nitrogens with zero attached hydrogens (tertiary/aromatic N) is 2. The van der Waals surface area contributed by atoms with Crippen LogP contribution in [0.1, 0.15) is 36.4 Å². The highest BCUT2D eigenvalue weighted by molar-refractivity contribution is 5.79. The van der Waals surface area contributed by atoms with Gasteiger partial charge in [0.2, 0.25) is 0 Å². The van der Waals surface area contributed by atoms with Gasteiger partial charge in [-0.25, -0.2) is 0 Å². The van der Waals surface area contributed by atoms with Crippen molar-refractivity contribution >= 4 is 16.9 Å². The lowest BCUT2D eigenvalue weighted by Gasteiger charge is -2.39. The van der Waals surface area contributed by atoms with Crippen molar-refractivity contribution in [3.05, 3.63) is 65.9 Å². The molecular formula is C24H26N2O4. The summed E-state index contributed by atoms with van der Waals surface area (Å²) in [5, 5.41) is 10.9. The number of piperidine rings is 1. The molecule has 0 aliphatic carbocycles. The van der Waals surface area contributed by atoms with Gasteiger partial charge >= 0.3 is 5.97 Å². The van der Waals surface area contributed by atoms with E-state index in [0.717, 1.165) is 34.9 Å². The van der Waals surface area contributed by atoms with Crippen LogP contribution in [0.4, 0.5) is 0 Å². The highest BCUT2D eigenvalue weighted by atomic mass is 16.5. The third-order valence-electron chi connectivity index (χ3n) is 5.81. The minimum Gasteiger partial charge on any atom is -0.493 e. The topological polar surface area (TPSA) is 71.9 Å². The minimum absolute atomic E-state index is 0.247. The predicted molar refractivity (Wildman–Crippen MR) is 115 cm³/mol. The molecule has 2 aromatic carbocycles. The van der Waals surface area contributed by atoms with E-state index in [4.69, 9.17) is 9.47 Å². The summed E-state index contributed by atoms with van der Waals surface area (Å²) in [4.78, 5) is 18.8. The van der Waals surface area contributed by atoms with E-state index in [1.807, 2.05) is 48.7 Å². The van der Waals surface area contributed by atoms with E-state index in [1.165, 1.54) is 0 Å². The zero-order chi connectivity index (χ0) is 21.1. The number of carbonyl (C=O) groups is 1. The molecule has 1 fully saturated rings. The van der Waals surface area contributed by atoms with Crippen LogP contribution in [0.15, 0.2) is 54.7 Å². The second-order valence-corrected chi connectivity index (χ2v) is 7.57. The zero-order valence-electron chi connectivity index (χ0n) is 17.2. The molecule has 1 aromatic heterocycles. The van der Waals surface area contributed by atoms with Crippen LogP contribution >= 0.6 is 0 Å². The molecule has 3 aromatic rings. The molecule has 4 rings (SSSR count). The van der Waals surface area contributed by atoms with Gasteiger partial charge in [-0.05, 0) is 54.8 Å². The number of aliphatic carboxylic acids is 1. The summed E-state index contributed by atoms with van der Waals surface area (Å²) in [5.41, 5.74) is 2.84. The van der Waals surface area contributed by atoms with Crippen molar-refractivity contribution in [3.8, 4) is 11.5 Å². The van der Waals surface area contributed by atoms with Crippen molar-refractivity contribution in [2.45, 2.75) is 31.3 Å². The number of hydrogen-bond donors (Lipinski definition) is 1. The molecule has 6 heteroatoms. The maximum Gasteiger partial charge on any atom is 0.320 e. The summed E-state index contributed by atoms with van der Waals surface area (Å²) in [6.45, 7) is 0.711. The molecule has 2 heterocycles. The molecule has 0 radical (unpaired) electrons. The molecule has 30 heavy (non-hydrogen) atoms. The first-order valence-electron chi connectivity index (χ1n) is 10.2. The number of rotatable bonds is 6. The molecule has 0 saturated carbocycles. The molecule has 6 nitrogen and oxygen atoms in total. The lowest BCUT2D eigenvalue weighted by Crippen LogP contribution is -2.46. The van der Waals surface area contributed by atoms with Gasteiger partial charge in [0.15, 0.2) is 11.5 Å². The van der Waals surface area contributed by atoms with E-state index >= 15 is 0 Å². The van der Waals surface area contributed by atoms with Gasteiger partial charge in [0.25, 0.3) is 0 Å². The monoisotopic (exact) mass is 406 g/mol. The number of hydrogen-bond acceptors (Lipinski definition) is 5. The molecule has 0 amide bonds. The van der Waals surface area contributed by atoms with Crippen LogP contribution in [0, 0.1) is 0 Å². The molecule has 0 bridgehead atoms. The van der Waals surface area contributed by atoms with Crippen molar-refractivity contribution < 1.29 is 19.4 Å². The van der Waals surface area contributed by atoms with Crippen LogP contribution in [0.25, 0.3) is 10.9 Å². The van der Waals surface area contributed by atoms with E-state index in [2.05, 4.69) is 16.0 Å². The summed E-state index contributed by atoms with van der Waals surface area (Å²) in [6, 6.07) is 15.1. The fourth-order valence-electron chi connectivity index (χ4n) is 4.36. The van der Waals surface area contributed by atoms with E-state index in [1.54, 1.807) is 14.2 Å². The van der Waals surface area contributed by atoms with Crippen molar-refractivity contribution in [2.24, 2.45) is 0 Å². The maximum atomic E-state index is 12.1. The summed E-state index contributed by atoms with van der Waals surface area (Å²) in [5.74, 6) is 0.483. The van der Waals surface area contributed by atoms with Gasteiger partial charge in [0, 0.05) is 11.6 Å². The van der Waals surface area contributed by atoms with E-state index in [-0.39, 0.29) is 6.04 Å². The summed E-state index contributed by atoms with van der Waals surface area (Å²) in [6.07, 6.45) is 4.38. The number of methoxy groups -OCH3 is 2. The molecular weight excluding hydrogens is 380 g/mol. The fraction of sp³-hybridized carbons (Fsp3) is 0.333. The Morgan fingerprint density at radius 3 is 2.63 bits per heavy atom. The second-order valence-electron chi connectivity index (χ2n) is 7.57. The van der Waals surface area contributed by atoms with Crippen LogP contribution in [-0.4, -0.2) is 47.8 Å². The highest BCUT2D eigenvalue weighted by Crippen LogP contribution is 2.38. The molecule has 156 valence electrons. The minimum atomic E-state index is -0.783. The number of carboxylic acids is 1. The zero-order valence-corrected chi connectivity index (χ0v) is 17.2. The van der Waals surface area contributed by atoms with Crippen LogP contribution in [0.5, 0.6) is 11.5 Å². The van der Waals surface area contributed by atoms with Crippen LogP contribution < -0.4 is 9.47 Å². The number of carboxylic acid groups (broad SMARTS) is 1. The van der Waals surface area contributed by atoms with Crippen molar-refractivity contribution in [3.63, 3.8) is 0 Å². The predicted octanol–water partition coefficient (Wildman–Crippen LogP) is 4.28. The molecule has 1 aliphatic rings. The maximum absolute atomic E-state index is 12.1. The Balaban J connectivity index is 1.86. The van der Waals surface area contributed by atoms with Crippen LogP contribution in [-0.2, 0) is 4.79 Å². The van der Waals surface area contributed by atoms with Gasteiger partial charge in [-0.2, -0.15) is 0 Å². The summed E-state index contributed by atoms with van der Waals surface area (Å²) >= 11 is 0. The molecule has 2 atom stereocenters. The first kappa shape index (κ1) is 20.2. The van der Waals surface area contributed by atoms with Crippen molar-refractivity contribution in [2.75, 3.05) is 20.8 Å². The first-order chi connectivity index (χ1) is 14.6. The Bertz CT molecular complexity index is 1050. The number of fused-ring (bicyclic) bond motifs is 1. The van der Waals surface area contributed by atoms with Gasteiger partial charge in [-0.1, -0.05) is 30.7 Å². The number of aromatic nitrogens is 1. The second kappa shape index (κ2) is 8.71. The number of benzene rings is 2. The van der Waals surface area contributed by atoms with Gasteiger partial charge in [-0.15, -0.1) is 0 Å². The SMILES string of the molecule is COc1ccc(C(c2cnc3ccccc3c2)N2CCCCC2C(=O)O)cc1OC. The van der Waals surface area contributed by atoms with Gasteiger partial charge < -0.3 is 14.6 Å². The Morgan fingerprint density at radius 1 is 1.07 bits per heavy atom. The Morgan fingerprint density at radius 2 is 1.87 bits per heavy atom. The smallest absolute Gasteiger partial charge is 0.320 e. The van der Waals surface area contributed by atoms with Crippen molar-refractivity contribution in [1.82, 2.24) is 9.88 Å². The first-order valence-corrected chi connectivity index (χ1v) is 10.2. The highest BCUT2D eigenvalue weighted by Gasteiger charge is 2.35. The van der Waals surface area contributed by atoms with Gasteiger partial charge in [-0.3, -0.25) is 14.7 Å². The van der Waals surface area contributed by atoms with E-state index in [9.17, 15) is 9.90 Å². The van der Waals surface area contributed by atoms with Gasteiger partial charge in [0.05, 0.1) is 25.8 Å². The lowest BCUT2D eigenvalue weighted by atomic mass is 9.91. The average Bonchev–Trinajstić information content (AvgIpc) is 2.79. The fourth-order valence-corrected chi connectivity index (χ4v) is 4.36. The number of ether oxygens (including phenoxy) is 2. The van der Waals surface area contributed by atoms with E-state index < -0.39 is 12.0 Å². The Hall–Kier alpha value is -3.12. The Labute approximate surface area is 176 Å². The average molecular weight is 406 g/mol. The van der Waals surface area contributed by atoms with E-state index in [0.29, 0.717) is 24.5 Å². The Kier molecular flexibility index (Phi) is 5.86.